The molecule has 0 aromatic carbocycles. The van der Waals surface area contributed by atoms with Crippen molar-refractivity contribution < 1.29 is 4.79 Å². The average Bonchev–Trinajstić information content (AvgIpc) is 2.68. The van der Waals surface area contributed by atoms with Gasteiger partial charge in [-0.15, -0.1) is 0 Å². The second-order valence-corrected chi connectivity index (χ2v) is 6.22. The van der Waals surface area contributed by atoms with Gasteiger partial charge < -0.3 is 10.6 Å². The van der Waals surface area contributed by atoms with Crippen molar-refractivity contribution in [1.29, 1.82) is 0 Å². The summed E-state index contributed by atoms with van der Waals surface area (Å²) in [6.45, 7) is 1.30. The zero-order valence-corrected chi connectivity index (χ0v) is 14.4. The van der Waals surface area contributed by atoms with Gasteiger partial charge in [-0.05, 0) is 56.4 Å². The summed E-state index contributed by atoms with van der Waals surface area (Å²) < 4.78 is 0. The molecule has 1 aliphatic carbocycles. The summed E-state index contributed by atoms with van der Waals surface area (Å²) in [5.41, 5.74) is 3.73. The van der Waals surface area contributed by atoms with Gasteiger partial charge in [-0.2, -0.15) is 0 Å². The molecule has 2 N–H and O–H groups in total. The quantitative estimate of drug-likeness (QED) is 0.757. The first kappa shape index (κ1) is 17.1. The molecule has 0 bridgehead atoms. The third-order valence-electron chi connectivity index (χ3n) is 4.31. The van der Waals surface area contributed by atoms with Gasteiger partial charge in [0, 0.05) is 12.7 Å². The van der Waals surface area contributed by atoms with Crippen LogP contribution in [0, 0.1) is 0 Å². The molecule has 2 heterocycles. The van der Waals surface area contributed by atoms with E-state index >= 15 is 0 Å². The first-order valence-electron chi connectivity index (χ1n) is 8.87. The fourth-order valence-electron chi connectivity index (χ4n) is 2.90. The van der Waals surface area contributed by atoms with Crippen molar-refractivity contribution in [1.82, 2.24) is 15.3 Å². The number of hydrogen-bond acceptors (Lipinski definition) is 4. The SMILES string of the molecule is O=C(NCc1ccccn1)c1ccc(NCCC2=CCCCC2)cn1. The number of rotatable bonds is 7. The van der Waals surface area contributed by atoms with Crippen LogP contribution in [0.3, 0.4) is 0 Å². The molecule has 130 valence electrons. The number of carbonyl (C=O) groups is 1. The van der Waals surface area contributed by atoms with Gasteiger partial charge in [-0.1, -0.05) is 17.7 Å². The molecule has 1 amide bonds. The van der Waals surface area contributed by atoms with Gasteiger partial charge in [0.25, 0.3) is 5.91 Å². The summed E-state index contributed by atoms with van der Waals surface area (Å²) in [4.78, 5) is 20.5. The maximum absolute atomic E-state index is 12.1. The summed E-state index contributed by atoms with van der Waals surface area (Å²) in [6.07, 6.45) is 12.0. The van der Waals surface area contributed by atoms with Crippen LogP contribution in [0.1, 0.15) is 48.3 Å². The van der Waals surface area contributed by atoms with Gasteiger partial charge in [0.15, 0.2) is 0 Å². The van der Waals surface area contributed by atoms with Crippen molar-refractivity contribution in [3.05, 3.63) is 65.8 Å². The zero-order valence-electron chi connectivity index (χ0n) is 14.4. The Morgan fingerprint density at radius 2 is 2.08 bits per heavy atom. The molecule has 1 aliphatic rings. The highest BCUT2D eigenvalue weighted by molar-refractivity contribution is 5.92. The van der Waals surface area contributed by atoms with E-state index in [9.17, 15) is 4.79 Å². The molecule has 5 nitrogen and oxygen atoms in total. The van der Waals surface area contributed by atoms with Crippen molar-refractivity contribution >= 4 is 11.6 Å². The van der Waals surface area contributed by atoms with E-state index in [0.717, 1.165) is 24.3 Å². The molecule has 0 unspecified atom stereocenters. The Bertz CT molecular complexity index is 710. The van der Waals surface area contributed by atoms with Gasteiger partial charge in [0.2, 0.25) is 0 Å². The van der Waals surface area contributed by atoms with Crippen molar-refractivity contribution in [2.24, 2.45) is 0 Å². The normalized spacial score (nSPS) is 13.8. The highest BCUT2D eigenvalue weighted by Crippen LogP contribution is 2.20. The third-order valence-corrected chi connectivity index (χ3v) is 4.31. The molecule has 3 rings (SSSR count). The largest absolute Gasteiger partial charge is 0.383 e. The number of anilines is 1. The molecule has 0 saturated carbocycles. The molecule has 5 heteroatoms. The number of nitrogens with zero attached hydrogens (tertiary/aromatic N) is 2. The molecule has 2 aromatic heterocycles. The lowest BCUT2D eigenvalue weighted by atomic mass is 9.97. The Hall–Kier alpha value is -2.69. The van der Waals surface area contributed by atoms with E-state index in [1.54, 1.807) is 24.0 Å². The molecule has 0 spiro atoms. The molecule has 2 aromatic rings. The van der Waals surface area contributed by atoms with E-state index in [2.05, 4.69) is 26.7 Å². The number of carbonyl (C=O) groups excluding carboxylic acids is 1. The fraction of sp³-hybridized carbons (Fsp3) is 0.350. The number of amides is 1. The molecule has 0 aliphatic heterocycles. The number of allylic oxidation sites excluding steroid dienone is 1. The number of aromatic nitrogens is 2. The molecule has 25 heavy (non-hydrogen) atoms. The van der Waals surface area contributed by atoms with Crippen LogP contribution >= 0.6 is 0 Å². The summed E-state index contributed by atoms with van der Waals surface area (Å²) in [5, 5.41) is 6.20. The van der Waals surface area contributed by atoms with Crippen LogP contribution in [-0.4, -0.2) is 22.4 Å². The predicted octanol–water partition coefficient (Wildman–Crippen LogP) is 3.71. The van der Waals surface area contributed by atoms with E-state index in [0.29, 0.717) is 12.2 Å². The molecular formula is C20H24N4O. The van der Waals surface area contributed by atoms with Gasteiger partial charge in [0.1, 0.15) is 5.69 Å². The topological polar surface area (TPSA) is 66.9 Å². The minimum Gasteiger partial charge on any atom is -0.383 e. The van der Waals surface area contributed by atoms with E-state index in [-0.39, 0.29) is 5.91 Å². The lowest BCUT2D eigenvalue weighted by Gasteiger charge is -2.13. The Kier molecular flexibility index (Phi) is 6.15. The van der Waals surface area contributed by atoms with Crippen LogP contribution in [0.4, 0.5) is 5.69 Å². The van der Waals surface area contributed by atoms with E-state index in [1.165, 1.54) is 25.7 Å². The van der Waals surface area contributed by atoms with Gasteiger partial charge in [-0.25, -0.2) is 4.98 Å². The van der Waals surface area contributed by atoms with E-state index in [4.69, 9.17) is 0 Å². The van der Waals surface area contributed by atoms with Crippen LogP contribution in [0.25, 0.3) is 0 Å². The Morgan fingerprint density at radius 1 is 1.12 bits per heavy atom. The van der Waals surface area contributed by atoms with Crippen LogP contribution in [0.15, 0.2) is 54.4 Å². The average molecular weight is 336 g/mol. The van der Waals surface area contributed by atoms with E-state index < -0.39 is 0 Å². The smallest absolute Gasteiger partial charge is 0.270 e. The van der Waals surface area contributed by atoms with Crippen molar-refractivity contribution in [3.8, 4) is 0 Å². The molecule has 0 radical (unpaired) electrons. The highest BCUT2D eigenvalue weighted by Gasteiger charge is 2.07. The second-order valence-electron chi connectivity index (χ2n) is 6.22. The number of pyridine rings is 2. The minimum atomic E-state index is -0.190. The second kappa shape index (κ2) is 8.97. The fourth-order valence-corrected chi connectivity index (χ4v) is 2.90. The highest BCUT2D eigenvalue weighted by atomic mass is 16.1. The maximum atomic E-state index is 12.1. The Balaban J connectivity index is 1.44. The Labute approximate surface area is 148 Å². The lowest BCUT2D eigenvalue weighted by molar-refractivity contribution is 0.0945. The van der Waals surface area contributed by atoms with Crippen LogP contribution in [0.5, 0.6) is 0 Å². The molecule has 0 atom stereocenters. The summed E-state index contributed by atoms with van der Waals surface area (Å²) in [6, 6.07) is 9.27. The summed E-state index contributed by atoms with van der Waals surface area (Å²) in [7, 11) is 0. The van der Waals surface area contributed by atoms with Crippen molar-refractivity contribution in [3.63, 3.8) is 0 Å². The summed E-state index contributed by atoms with van der Waals surface area (Å²) in [5.74, 6) is -0.190. The van der Waals surface area contributed by atoms with Crippen molar-refractivity contribution in [2.45, 2.75) is 38.6 Å². The maximum Gasteiger partial charge on any atom is 0.270 e. The first-order valence-corrected chi connectivity index (χ1v) is 8.87. The number of hydrogen-bond donors (Lipinski definition) is 2. The van der Waals surface area contributed by atoms with Crippen molar-refractivity contribution in [2.75, 3.05) is 11.9 Å². The Morgan fingerprint density at radius 3 is 2.80 bits per heavy atom. The summed E-state index contributed by atoms with van der Waals surface area (Å²) >= 11 is 0. The first-order chi connectivity index (χ1) is 12.3. The third kappa shape index (κ3) is 5.41. The number of nitrogens with one attached hydrogen (secondary N) is 2. The molecular weight excluding hydrogens is 312 g/mol. The minimum absolute atomic E-state index is 0.190. The van der Waals surface area contributed by atoms with E-state index in [1.807, 2.05) is 24.3 Å². The van der Waals surface area contributed by atoms with Gasteiger partial charge in [-0.3, -0.25) is 9.78 Å². The molecule has 0 saturated heterocycles. The zero-order chi connectivity index (χ0) is 17.3. The van der Waals surface area contributed by atoms with Crippen LogP contribution < -0.4 is 10.6 Å². The monoisotopic (exact) mass is 336 g/mol. The standard InChI is InChI=1S/C20H24N4O/c25-20(24-15-17-8-4-5-12-21-17)19-10-9-18(14-23-19)22-13-11-16-6-2-1-3-7-16/h4-6,8-10,12,14,22H,1-3,7,11,13,15H2,(H,24,25). The van der Waals surface area contributed by atoms with Crippen LogP contribution in [-0.2, 0) is 6.54 Å². The molecule has 0 fully saturated rings. The van der Waals surface area contributed by atoms with Gasteiger partial charge >= 0.3 is 0 Å². The lowest BCUT2D eigenvalue weighted by Crippen LogP contribution is -2.24. The van der Waals surface area contributed by atoms with Crippen LogP contribution in [0.2, 0.25) is 0 Å². The van der Waals surface area contributed by atoms with Gasteiger partial charge in [0.05, 0.1) is 24.1 Å². The predicted molar refractivity (Wildman–Crippen MR) is 99.3 cm³/mol.